The van der Waals surface area contributed by atoms with Crippen molar-refractivity contribution in [2.24, 2.45) is 0 Å². The molecule has 4 aromatic carbocycles. The van der Waals surface area contributed by atoms with Crippen LogP contribution in [0.2, 0.25) is 5.02 Å². The van der Waals surface area contributed by atoms with Crippen molar-refractivity contribution >= 4 is 66.6 Å². The number of hydrogen-bond acceptors (Lipinski definition) is 4. The van der Waals surface area contributed by atoms with Crippen LogP contribution in [0.25, 0.3) is 0 Å². The fraction of sp³-hybridized carbons (Fsp3) is 0.100. The molecule has 12 heteroatoms. The Labute approximate surface area is 260 Å². The highest BCUT2D eigenvalue weighted by Gasteiger charge is 2.56. The topological polar surface area (TPSA) is 102 Å². The van der Waals surface area contributed by atoms with E-state index in [-0.39, 0.29) is 25.2 Å². The van der Waals surface area contributed by atoms with Crippen molar-refractivity contribution in [1.82, 2.24) is 0 Å². The molecule has 4 aromatic rings. The SMILES string of the molecule is Cc1cc(Cl)cc(C(O)(c2cc(Br)c(NC(=O)c3cccc(NC(=O)c4ccc(C#N)cc4)c3)c(Br)c2)C(F)(F)F)c1. The molecule has 1 unspecified atom stereocenters. The zero-order valence-electron chi connectivity index (χ0n) is 21.5. The van der Waals surface area contributed by atoms with E-state index in [0.29, 0.717) is 22.4 Å². The molecule has 0 aliphatic heterocycles. The van der Waals surface area contributed by atoms with Crippen LogP contribution in [-0.4, -0.2) is 23.1 Å². The van der Waals surface area contributed by atoms with E-state index in [1.54, 1.807) is 19.1 Å². The number of alkyl halides is 3. The maximum atomic E-state index is 14.4. The van der Waals surface area contributed by atoms with Gasteiger partial charge in [-0.15, -0.1) is 0 Å². The van der Waals surface area contributed by atoms with Crippen molar-refractivity contribution in [2.45, 2.75) is 18.7 Å². The summed E-state index contributed by atoms with van der Waals surface area (Å²) in [5.41, 5.74) is -2.66. The van der Waals surface area contributed by atoms with E-state index < -0.39 is 34.7 Å². The zero-order chi connectivity index (χ0) is 30.8. The Hall–Kier alpha value is -3.69. The van der Waals surface area contributed by atoms with Crippen LogP contribution in [0.15, 0.2) is 87.8 Å². The first-order chi connectivity index (χ1) is 19.7. The average molecular weight is 722 g/mol. The number of halogens is 6. The lowest BCUT2D eigenvalue weighted by atomic mass is 9.85. The summed E-state index contributed by atoms with van der Waals surface area (Å²) in [6.07, 6.45) is -5.11. The third-order valence-corrected chi connectivity index (χ3v) is 7.70. The van der Waals surface area contributed by atoms with Gasteiger partial charge in [-0.1, -0.05) is 23.7 Å². The van der Waals surface area contributed by atoms with Gasteiger partial charge in [-0.2, -0.15) is 18.4 Å². The Morgan fingerprint density at radius 3 is 2.02 bits per heavy atom. The minimum absolute atomic E-state index is 0.0324. The first-order valence-corrected chi connectivity index (χ1v) is 14.0. The number of nitriles is 1. The van der Waals surface area contributed by atoms with Crippen LogP contribution in [0.3, 0.4) is 0 Å². The van der Waals surface area contributed by atoms with Gasteiger partial charge in [0.05, 0.1) is 17.3 Å². The van der Waals surface area contributed by atoms with Crippen molar-refractivity contribution in [2.75, 3.05) is 10.6 Å². The van der Waals surface area contributed by atoms with E-state index in [2.05, 4.69) is 42.5 Å². The number of amides is 2. The third kappa shape index (κ3) is 6.52. The highest BCUT2D eigenvalue weighted by molar-refractivity contribution is 9.11. The fourth-order valence-corrected chi connectivity index (χ4v) is 5.84. The standard InChI is InChI=1S/C30H19Br2ClF3N3O3/c1-16-9-20(12-22(33)10-16)29(42,30(34,35)36)21-13-24(31)26(25(32)14-21)39-28(41)19-3-2-4-23(11-19)38-27(40)18-7-5-17(15-37)6-8-18/h2-14,42H,1H3,(H,38,40)(H,39,41). The number of carbonyl (C=O) groups excluding carboxylic acids is 2. The summed E-state index contributed by atoms with van der Waals surface area (Å²) in [7, 11) is 0. The lowest BCUT2D eigenvalue weighted by Crippen LogP contribution is -2.43. The molecule has 0 heterocycles. The number of hydrogen-bond donors (Lipinski definition) is 3. The van der Waals surface area contributed by atoms with Crippen molar-refractivity contribution in [3.63, 3.8) is 0 Å². The van der Waals surface area contributed by atoms with Gasteiger partial charge in [0, 0.05) is 30.8 Å². The van der Waals surface area contributed by atoms with Gasteiger partial charge >= 0.3 is 6.18 Å². The largest absolute Gasteiger partial charge is 0.425 e. The summed E-state index contributed by atoms with van der Waals surface area (Å²) >= 11 is 12.4. The highest BCUT2D eigenvalue weighted by atomic mass is 79.9. The van der Waals surface area contributed by atoms with E-state index in [1.807, 2.05) is 6.07 Å². The molecule has 0 bridgehead atoms. The van der Waals surface area contributed by atoms with Gasteiger partial charge in [-0.25, -0.2) is 0 Å². The molecule has 0 aliphatic carbocycles. The fourth-order valence-electron chi connectivity index (χ4n) is 4.16. The molecule has 0 spiro atoms. The van der Waals surface area contributed by atoms with E-state index in [9.17, 15) is 27.9 Å². The summed E-state index contributed by atoms with van der Waals surface area (Å²) in [4.78, 5) is 25.7. The maximum absolute atomic E-state index is 14.4. The molecule has 0 aromatic heterocycles. The Balaban J connectivity index is 1.60. The molecule has 0 aliphatic rings. The van der Waals surface area contributed by atoms with Gasteiger partial charge in [0.25, 0.3) is 11.8 Å². The van der Waals surface area contributed by atoms with Gasteiger partial charge in [-0.3, -0.25) is 9.59 Å². The Morgan fingerprint density at radius 2 is 1.45 bits per heavy atom. The number of aryl methyl sites for hydroxylation is 1. The van der Waals surface area contributed by atoms with Gasteiger partial charge in [-0.05, 0) is 122 Å². The number of anilines is 2. The molecular weight excluding hydrogens is 703 g/mol. The van der Waals surface area contributed by atoms with Crippen molar-refractivity contribution < 1.29 is 27.9 Å². The second kappa shape index (κ2) is 12.3. The van der Waals surface area contributed by atoms with Crippen LogP contribution in [0.5, 0.6) is 0 Å². The number of benzene rings is 4. The minimum atomic E-state index is -5.11. The molecule has 214 valence electrons. The van der Waals surface area contributed by atoms with E-state index in [4.69, 9.17) is 16.9 Å². The molecule has 6 nitrogen and oxygen atoms in total. The molecule has 0 radical (unpaired) electrons. The van der Waals surface area contributed by atoms with Gasteiger partial charge in [0.2, 0.25) is 5.60 Å². The number of rotatable bonds is 6. The van der Waals surface area contributed by atoms with Gasteiger partial charge in [0.1, 0.15) is 0 Å². The van der Waals surface area contributed by atoms with E-state index in [1.165, 1.54) is 48.5 Å². The van der Waals surface area contributed by atoms with Crippen LogP contribution in [0, 0.1) is 18.3 Å². The number of carbonyl (C=O) groups is 2. The van der Waals surface area contributed by atoms with Crippen LogP contribution >= 0.6 is 43.5 Å². The van der Waals surface area contributed by atoms with Crippen LogP contribution in [0.1, 0.15) is 43.0 Å². The summed E-state index contributed by atoms with van der Waals surface area (Å²) < 4.78 is 43.2. The minimum Gasteiger partial charge on any atom is -0.372 e. The number of nitrogens with one attached hydrogen (secondary N) is 2. The van der Waals surface area contributed by atoms with Crippen molar-refractivity contribution in [3.8, 4) is 6.07 Å². The molecule has 4 rings (SSSR count). The predicted octanol–water partition coefficient (Wildman–Crippen LogP) is 8.35. The first kappa shape index (κ1) is 31.3. The highest BCUT2D eigenvalue weighted by Crippen LogP contribution is 2.47. The van der Waals surface area contributed by atoms with Crippen LogP contribution < -0.4 is 10.6 Å². The molecule has 1 atom stereocenters. The Bertz CT molecular complexity index is 1700. The normalized spacial score (nSPS) is 12.6. The van der Waals surface area contributed by atoms with E-state index in [0.717, 1.165) is 18.2 Å². The van der Waals surface area contributed by atoms with Crippen LogP contribution in [0.4, 0.5) is 24.5 Å². The molecule has 42 heavy (non-hydrogen) atoms. The number of nitrogens with zero attached hydrogens (tertiary/aromatic N) is 1. The maximum Gasteiger partial charge on any atom is 0.425 e. The van der Waals surface area contributed by atoms with Crippen molar-refractivity contribution in [3.05, 3.63) is 126 Å². The quantitative estimate of drug-likeness (QED) is 0.186. The van der Waals surface area contributed by atoms with Crippen LogP contribution in [-0.2, 0) is 5.60 Å². The first-order valence-electron chi connectivity index (χ1n) is 12.0. The predicted molar refractivity (Wildman–Crippen MR) is 161 cm³/mol. The monoisotopic (exact) mass is 719 g/mol. The third-order valence-electron chi connectivity index (χ3n) is 6.23. The zero-order valence-corrected chi connectivity index (χ0v) is 25.4. The second-order valence-corrected chi connectivity index (χ2v) is 11.4. The Morgan fingerprint density at radius 1 is 0.857 bits per heavy atom. The molecule has 3 N–H and O–H groups in total. The smallest absolute Gasteiger partial charge is 0.372 e. The summed E-state index contributed by atoms with van der Waals surface area (Å²) in [5, 5.41) is 25.3. The molecule has 0 saturated heterocycles. The van der Waals surface area contributed by atoms with E-state index >= 15 is 0 Å². The number of aliphatic hydroxyl groups is 1. The Kier molecular flexibility index (Phi) is 9.13. The second-order valence-electron chi connectivity index (χ2n) is 9.22. The van der Waals surface area contributed by atoms with Gasteiger partial charge in [0.15, 0.2) is 0 Å². The average Bonchev–Trinajstić information content (AvgIpc) is 2.93. The molecule has 0 saturated carbocycles. The lowest BCUT2D eigenvalue weighted by molar-refractivity contribution is -0.248. The molecule has 2 amide bonds. The lowest BCUT2D eigenvalue weighted by Gasteiger charge is -2.32. The summed E-state index contributed by atoms with van der Waals surface area (Å²) in [6, 6.07) is 19.9. The molecule has 0 fully saturated rings. The van der Waals surface area contributed by atoms with Crippen molar-refractivity contribution in [1.29, 1.82) is 5.26 Å². The molecular formula is C30H19Br2ClF3N3O3. The van der Waals surface area contributed by atoms with Gasteiger partial charge < -0.3 is 15.7 Å². The summed E-state index contributed by atoms with van der Waals surface area (Å²) in [6.45, 7) is 1.56. The summed E-state index contributed by atoms with van der Waals surface area (Å²) in [5.74, 6) is -1.07.